The molecule has 0 radical (unpaired) electrons. The Balaban J connectivity index is 1.88. The van der Waals surface area contributed by atoms with Crippen molar-refractivity contribution >= 4 is 11.9 Å². The molecule has 7 nitrogen and oxygen atoms in total. The van der Waals surface area contributed by atoms with Gasteiger partial charge in [-0.15, -0.1) is 0 Å². The molecule has 3 rings (SSSR count). The summed E-state index contributed by atoms with van der Waals surface area (Å²) in [6.07, 6.45) is 3.13. The summed E-state index contributed by atoms with van der Waals surface area (Å²) in [6.45, 7) is 7.44. The Kier molecular flexibility index (Phi) is 7.14. The number of nitrogens with zero attached hydrogens (tertiary/aromatic N) is 1. The average molecular weight is 434 g/mol. The van der Waals surface area contributed by atoms with Crippen LogP contribution in [0.15, 0.2) is 18.2 Å². The number of aliphatic hydroxyl groups is 1. The van der Waals surface area contributed by atoms with Crippen molar-refractivity contribution in [3.05, 3.63) is 23.8 Å². The van der Waals surface area contributed by atoms with E-state index in [0.717, 1.165) is 18.4 Å². The highest BCUT2D eigenvalue weighted by molar-refractivity contribution is 5.83. The molecule has 1 saturated carbocycles. The molecule has 2 aliphatic rings. The number of ether oxygens (including phenoxy) is 3. The minimum atomic E-state index is -0.855. The maximum absolute atomic E-state index is 12.9. The fourth-order valence-corrected chi connectivity index (χ4v) is 4.84. The fourth-order valence-electron chi connectivity index (χ4n) is 4.84. The molecule has 0 aromatic heterocycles. The van der Waals surface area contributed by atoms with Crippen molar-refractivity contribution < 1.29 is 28.9 Å². The summed E-state index contributed by atoms with van der Waals surface area (Å²) in [5.41, 5.74) is 0.442. The van der Waals surface area contributed by atoms with Gasteiger partial charge in [-0.2, -0.15) is 0 Å². The van der Waals surface area contributed by atoms with Crippen molar-refractivity contribution in [1.82, 2.24) is 4.90 Å². The summed E-state index contributed by atoms with van der Waals surface area (Å²) in [4.78, 5) is 25.9. The number of methoxy groups -OCH3 is 1. The Morgan fingerprint density at radius 1 is 1.19 bits per heavy atom. The first kappa shape index (κ1) is 23.4. The summed E-state index contributed by atoms with van der Waals surface area (Å²) in [5, 5.41) is 10.6. The summed E-state index contributed by atoms with van der Waals surface area (Å²) in [6, 6.07) is 5.87. The minimum Gasteiger partial charge on any atom is -0.493 e. The van der Waals surface area contributed by atoms with Crippen LogP contribution in [0.3, 0.4) is 0 Å². The molecule has 0 spiro atoms. The number of hydrogen-bond donors (Lipinski definition) is 1. The maximum Gasteiger partial charge on any atom is 0.303 e. The molecule has 31 heavy (non-hydrogen) atoms. The van der Waals surface area contributed by atoms with Gasteiger partial charge in [0.25, 0.3) is 5.91 Å². The summed E-state index contributed by atoms with van der Waals surface area (Å²) in [7, 11) is 1.63. The Labute approximate surface area is 184 Å². The van der Waals surface area contributed by atoms with E-state index in [0.29, 0.717) is 24.6 Å². The van der Waals surface area contributed by atoms with Gasteiger partial charge in [0, 0.05) is 31.3 Å². The van der Waals surface area contributed by atoms with Gasteiger partial charge in [-0.3, -0.25) is 9.59 Å². The normalized spacial score (nSPS) is 25.9. The molecule has 1 aliphatic heterocycles. The maximum atomic E-state index is 12.9. The lowest BCUT2D eigenvalue weighted by molar-refractivity contribution is -0.157. The third kappa shape index (κ3) is 4.97. The SMILES string of the molecule is COc1ccc([C@@H]2CN(C(=O)[C@@H](C)OC(C)=O)C[C@@]2(C)[C@@H](C)O)cc1OC1CCCC1. The van der Waals surface area contributed by atoms with Gasteiger partial charge in [0.05, 0.1) is 19.3 Å². The molecule has 1 amide bonds. The topological polar surface area (TPSA) is 85.3 Å². The van der Waals surface area contributed by atoms with Gasteiger partial charge in [0.1, 0.15) is 0 Å². The van der Waals surface area contributed by atoms with Crippen LogP contribution < -0.4 is 9.47 Å². The molecule has 2 fully saturated rings. The molecule has 4 atom stereocenters. The number of rotatable bonds is 7. The number of amides is 1. The first-order chi connectivity index (χ1) is 14.7. The third-order valence-corrected chi connectivity index (χ3v) is 6.87. The van der Waals surface area contributed by atoms with Crippen molar-refractivity contribution in [3.8, 4) is 11.5 Å². The van der Waals surface area contributed by atoms with E-state index in [2.05, 4.69) is 0 Å². The molecule has 1 saturated heterocycles. The summed E-state index contributed by atoms with van der Waals surface area (Å²) in [5.74, 6) is 0.554. The Bertz CT molecular complexity index is 803. The van der Waals surface area contributed by atoms with E-state index in [9.17, 15) is 14.7 Å². The van der Waals surface area contributed by atoms with Crippen LogP contribution >= 0.6 is 0 Å². The van der Waals surface area contributed by atoms with Crippen LogP contribution in [0.1, 0.15) is 64.9 Å². The molecule has 1 heterocycles. The van der Waals surface area contributed by atoms with Gasteiger partial charge < -0.3 is 24.2 Å². The number of likely N-dealkylation sites (tertiary alicyclic amines) is 1. The van der Waals surface area contributed by atoms with Gasteiger partial charge in [-0.1, -0.05) is 13.0 Å². The predicted octanol–water partition coefficient (Wildman–Crippen LogP) is 3.28. The molecular weight excluding hydrogens is 398 g/mol. The lowest BCUT2D eigenvalue weighted by Gasteiger charge is -2.34. The summed E-state index contributed by atoms with van der Waals surface area (Å²) >= 11 is 0. The molecule has 1 aromatic rings. The van der Waals surface area contributed by atoms with Crippen molar-refractivity contribution in [3.63, 3.8) is 0 Å². The second-order valence-electron chi connectivity index (χ2n) is 9.14. The van der Waals surface area contributed by atoms with E-state index >= 15 is 0 Å². The highest BCUT2D eigenvalue weighted by atomic mass is 16.5. The number of carbonyl (C=O) groups is 2. The number of benzene rings is 1. The monoisotopic (exact) mass is 433 g/mol. The van der Waals surface area contributed by atoms with Crippen molar-refractivity contribution in [2.24, 2.45) is 5.41 Å². The second kappa shape index (κ2) is 9.47. The average Bonchev–Trinajstić information content (AvgIpc) is 3.35. The van der Waals surface area contributed by atoms with Crippen molar-refractivity contribution in [2.75, 3.05) is 20.2 Å². The molecule has 7 heteroatoms. The fraction of sp³-hybridized carbons (Fsp3) is 0.667. The van der Waals surface area contributed by atoms with E-state index in [-0.39, 0.29) is 17.9 Å². The quantitative estimate of drug-likeness (QED) is 0.665. The van der Waals surface area contributed by atoms with Gasteiger partial charge >= 0.3 is 5.97 Å². The predicted molar refractivity (Wildman–Crippen MR) is 116 cm³/mol. The van der Waals surface area contributed by atoms with Gasteiger partial charge in [0.2, 0.25) is 0 Å². The first-order valence-corrected chi connectivity index (χ1v) is 11.1. The van der Waals surface area contributed by atoms with Crippen molar-refractivity contribution in [1.29, 1.82) is 0 Å². The molecule has 0 unspecified atom stereocenters. The summed E-state index contributed by atoms with van der Waals surface area (Å²) < 4.78 is 16.9. The van der Waals surface area contributed by atoms with Crippen LogP contribution in [0.5, 0.6) is 11.5 Å². The highest BCUT2D eigenvalue weighted by Gasteiger charge is 2.49. The van der Waals surface area contributed by atoms with Gasteiger partial charge in [-0.25, -0.2) is 0 Å². The standard InChI is InChI=1S/C24H35NO6/c1-15(30-17(3)27)23(28)25-13-20(24(4,14-25)16(2)26)18-10-11-21(29-5)22(12-18)31-19-8-6-7-9-19/h10-12,15-16,19-20,26H,6-9,13-14H2,1-5H3/t15-,16-,20+,24+/m1/s1. The molecular formula is C24H35NO6. The van der Waals surface area contributed by atoms with E-state index in [1.165, 1.54) is 19.8 Å². The van der Waals surface area contributed by atoms with E-state index in [1.54, 1.807) is 25.9 Å². The Morgan fingerprint density at radius 2 is 1.87 bits per heavy atom. The van der Waals surface area contributed by atoms with Crippen LogP contribution in [0.2, 0.25) is 0 Å². The minimum absolute atomic E-state index is 0.0992. The molecule has 0 bridgehead atoms. The van der Waals surface area contributed by atoms with Gasteiger partial charge in [0.15, 0.2) is 17.6 Å². The van der Waals surface area contributed by atoms with Gasteiger partial charge in [-0.05, 0) is 57.2 Å². The van der Waals surface area contributed by atoms with E-state index in [1.807, 2.05) is 25.1 Å². The lowest BCUT2D eigenvalue weighted by Crippen LogP contribution is -2.41. The van der Waals surface area contributed by atoms with Crippen LogP contribution in [0.4, 0.5) is 0 Å². The first-order valence-electron chi connectivity index (χ1n) is 11.1. The largest absolute Gasteiger partial charge is 0.493 e. The third-order valence-electron chi connectivity index (χ3n) is 6.87. The highest BCUT2D eigenvalue weighted by Crippen LogP contribution is 2.47. The molecule has 1 N–H and O–H groups in total. The Morgan fingerprint density at radius 3 is 2.45 bits per heavy atom. The molecule has 172 valence electrons. The number of esters is 1. The van der Waals surface area contributed by atoms with E-state index < -0.39 is 23.6 Å². The zero-order chi connectivity index (χ0) is 22.8. The number of hydrogen-bond acceptors (Lipinski definition) is 6. The van der Waals surface area contributed by atoms with Crippen molar-refractivity contribution in [2.45, 2.75) is 77.6 Å². The zero-order valence-corrected chi connectivity index (χ0v) is 19.2. The number of aliphatic hydroxyl groups excluding tert-OH is 1. The Hall–Kier alpha value is -2.28. The van der Waals surface area contributed by atoms with Crippen LogP contribution in [0.25, 0.3) is 0 Å². The van der Waals surface area contributed by atoms with Crippen LogP contribution in [-0.4, -0.2) is 60.4 Å². The molecule has 1 aliphatic carbocycles. The van der Waals surface area contributed by atoms with E-state index in [4.69, 9.17) is 14.2 Å². The zero-order valence-electron chi connectivity index (χ0n) is 19.2. The number of carbonyl (C=O) groups excluding carboxylic acids is 2. The second-order valence-corrected chi connectivity index (χ2v) is 9.14. The van der Waals surface area contributed by atoms with Crippen LogP contribution in [-0.2, 0) is 14.3 Å². The molecule has 1 aromatic carbocycles. The van der Waals surface area contributed by atoms with Crippen LogP contribution in [0, 0.1) is 5.41 Å². The smallest absolute Gasteiger partial charge is 0.303 e. The lowest BCUT2D eigenvalue weighted by atomic mass is 9.72.